The van der Waals surface area contributed by atoms with Crippen LogP contribution in [0.4, 0.5) is 18.9 Å². The Labute approximate surface area is 95.1 Å². The molecule has 0 radical (unpaired) electrons. The fourth-order valence-electron chi connectivity index (χ4n) is 1.14. The highest BCUT2D eigenvalue weighted by atomic mass is 19.3. The number of carbonyl (C=O) groups excluding carboxylic acids is 1. The average Bonchev–Trinajstić information content (AvgIpc) is 2.22. The van der Waals surface area contributed by atoms with Gasteiger partial charge in [0.25, 0.3) is 0 Å². The van der Waals surface area contributed by atoms with E-state index in [0.29, 0.717) is 6.07 Å². The van der Waals surface area contributed by atoms with E-state index in [9.17, 15) is 18.0 Å². The summed E-state index contributed by atoms with van der Waals surface area (Å²) in [5.74, 6) is -2.41. The summed E-state index contributed by atoms with van der Waals surface area (Å²) < 4.78 is 45.7. The number of alkyl halides is 2. The van der Waals surface area contributed by atoms with Gasteiger partial charge in [-0.3, -0.25) is 0 Å². The van der Waals surface area contributed by atoms with E-state index in [-0.39, 0.29) is 12.2 Å². The normalized spacial score (nSPS) is 10.4. The second-order valence-corrected chi connectivity index (χ2v) is 2.97. The molecule has 0 aromatic heterocycles. The Hall–Kier alpha value is -1.92. The second-order valence-electron chi connectivity index (χ2n) is 2.97. The number of hydrogen-bond acceptors (Lipinski definition) is 4. The first-order valence-corrected chi connectivity index (χ1v) is 4.66. The molecule has 0 aliphatic heterocycles. The molecule has 94 valence electrons. The summed E-state index contributed by atoms with van der Waals surface area (Å²) >= 11 is 0. The van der Waals surface area contributed by atoms with Crippen molar-refractivity contribution < 1.29 is 27.4 Å². The van der Waals surface area contributed by atoms with Crippen LogP contribution in [0.15, 0.2) is 12.1 Å². The molecule has 7 heteroatoms. The number of hydrogen-bond donors (Lipinski definition) is 1. The molecule has 0 amide bonds. The van der Waals surface area contributed by atoms with Gasteiger partial charge in [0.1, 0.15) is 5.75 Å². The first kappa shape index (κ1) is 13.1. The van der Waals surface area contributed by atoms with Crippen molar-refractivity contribution in [1.29, 1.82) is 0 Å². The molecular formula is C10H10F3NO3. The second kappa shape index (κ2) is 5.42. The van der Waals surface area contributed by atoms with Crippen LogP contribution in [0, 0.1) is 5.82 Å². The summed E-state index contributed by atoms with van der Waals surface area (Å²) in [6, 6.07) is 1.58. The van der Waals surface area contributed by atoms with Gasteiger partial charge >= 0.3 is 12.6 Å². The molecule has 17 heavy (non-hydrogen) atoms. The maximum absolute atomic E-state index is 13.2. The lowest BCUT2D eigenvalue weighted by Gasteiger charge is -2.10. The molecule has 0 spiro atoms. The van der Waals surface area contributed by atoms with Gasteiger partial charge in [0.15, 0.2) is 5.82 Å². The Balaban J connectivity index is 3.10. The van der Waals surface area contributed by atoms with Gasteiger partial charge in [-0.15, -0.1) is 0 Å². The van der Waals surface area contributed by atoms with Crippen LogP contribution in [0.25, 0.3) is 0 Å². The number of rotatable bonds is 4. The third-order valence-electron chi connectivity index (χ3n) is 1.82. The molecule has 0 aliphatic rings. The minimum Gasteiger partial charge on any atom is -0.462 e. The molecule has 1 aromatic rings. The first-order valence-electron chi connectivity index (χ1n) is 4.66. The van der Waals surface area contributed by atoms with E-state index < -0.39 is 29.8 Å². The maximum atomic E-state index is 13.2. The molecule has 0 fully saturated rings. The number of halogens is 3. The predicted octanol–water partition coefficient (Wildman–Crippen LogP) is 2.19. The minimum atomic E-state index is -3.12. The lowest BCUT2D eigenvalue weighted by molar-refractivity contribution is -0.0500. The summed E-state index contributed by atoms with van der Waals surface area (Å²) in [6.45, 7) is -1.52. The smallest absolute Gasteiger partial charge is 0.387 e. The minimum absolute atomic E-state index is 0.0554. The zero-order chi connectivity index (χ0) is 13.0. The lowest BCUT2D eigenvalue weighted by Crippen LogP contribution is -2.11. The van der Waals surface area contributed by atoms with E-state index in [4.69, 9.17) is 5.73 Å². The molecule has 0 saturated carbocycles. The van der Waals surface area contributed by atoms with Crippen LogP contribution in [0.2, 0.25) is 0 Å². The van der Waals surface area contributed by atoms with Gasteiger partial charge in [0, 0.05) is 6.07 Å². The van der Waals surface area contributed by atoms with Crippen molar-refractivity contribution in [3.63, 3.8) is 0 Å². The molecule has 1 rings (SSSR count). The number of carbonyl (C=O) groups is 1. The third-order valence-corrected chi connectivity index (χ3v) is 1.82. The Bertz CT molecular complexity index is 424. The molecule has 0 saturated heterocycles. The zero-order valence-corrected chi connectivity index (χ0v) is 8.88. The summed E-state index contributed by atoms with van der Waals surface area (Å²) in [6.07, 6.45) is 0. The van der Waals surface area contributed by atoms with Gasteiger partial charge in [-0.2, -0.15) is 8.78 Å². The number of nitrogens with two attached hydrogens (primary N) is 1. The van der Waals surface area contributed by atoms with Crippen molar-refractivity contribution in [2.24, 2.45) is 0 Å². The Morgan fingerprint density at radius 1 is 1.47 bits per heavy atom. The quantitative estimate of drug-likeness (QED) is 0.656. The van der Waals surface area contributed by atoms with Crippen LogP contribution in [-0.4, -0.2) is 19.2 Å². The summed E-state index contributed by atoms with van der Waals surface area (Å²) in [4.78, 5) is 11.3. The third kappa shape index (κ3) is 3.27. The molecule has 0 aliphatic carbocycles. The Morgan fingerprint density at radius 2 is 2.12 bits per heavy atom. The lowest BCUT2D eigenvalue weighted by atomic mass is 10.1. The molecule has 0 bridgehead atoms. The van der Waals surface area contributed by atoms with Crippen LogP contribution >= 0.6 is 0 Å². The first-order chi connectivity index (χ1) is 7.95. The summed E-state index contributed by atoms with van der Waals surface area (Å²) in [5.41, 5.74) is 4.48. The monoisotopic (exact) mass is 249 g/mol. The highest BCUT2D eigenvalue weighted by Gasteiger charge is 2.18. The Kier molecular flexibility index (Phi) is 4.19. The van der Waals surface area contributed by atoms with Crippen molar-refractivity contribution in [2.45, 2.75) is 13.5 Å². The van der Waals surface area contributed by atoms with Gasteiger partial charge in [0.2, 0.25) is 0 Å². The van der Waals surface area contributed by atoms with E-state index in [1.165, 1.54) is 0 Å². The average molecular weight is 249 g/mol. The molecule has 0 atom stereocenters. The van der Waals surface area contributed by atoms with Gasteiger partial charge in [0.05, 0.1) is 17.9 Å². The van der Waals surface area contributed by atoms with E-state index in [2.05, 4.69) is 9.47 Å². The fraction of sp³-hybridized carbons (Fsp3) is 0.300. The zero-order valence-electron chi connectivity index (χ0n) is 8.88. The summed E-state index contributed by atoms with van der Waals surface area (Å²) in [5, 5.41) is 0. The number of esters is 1. The number of anilines is 1. The van der Waals surface area contributed by atoms with Crippen molar-refractivity contribution >= 4 is 11.7 Å². The van der Waals surface area contributed by atoms with Crippen LogP contribution in [0.5, 0.6) is 5.75 Å². The number of nitrogen functional groups attached to an aromatic ring is 1. The molecule has 2 N–H and O–H groups in total. The van der Waals surface area contributed by atoms with Gasteiger partial charge in [-0.1, -0.05) is 0 Å². The van der Waals surface area contributed by atoms with Crippen LogP contribution in [0.3, 0.4) is 0 Å². The summed E-state index contributed by atoms with van der Waals surface area (Å²) in [7, 11) is 0. The fourth-order valence-corrected chi connectivity index (χ4v) is 1.14. The molecule has 0 heterocycles. The van der Waals surface area contributed by atoms with Crippen LogP contribution < -0.4 is 10.5 Å². The van der Waals surface area contributed by atoms with Gasteiger partial charge < -0.3 is 15.2 Å². The van der Waals surface area contributed by atoms with E-state index in [1.807, 2.05) is 0 Å². The largest absolute Gasteiger partial charge is 0.462 e. The number of benzene rings is 1. The van der Waals surface area contributed by atoms with Crippen molar-refractivity contribution in [2.75, 3.05) is 12.3 Å². The highest BCUT2D eigenvalue weighted by Crippen LogP contribution is 2.25. The topological polar surface area (TPSA) is 61.5 Å². The molecule has 4 nitrogen and oxygen atoms in total. The van der Waals surface area contributed by atoms with E-state index in [0.717, 1.165) is 6.07 Å². The predicted molar refractivity (Wildman–Crippen MR) is 53.4 cm³/mol. The highest BCUT2D eigenvalue weighted by molar-refractivity contribution is 5.95. The van der Waals surface area contributed by atoms with Crippen molar-refractivity contribution in [3.8, 4) is 5.75 Å². The van der Waals surface area contributed by atoms with E-state index in [1.54, 1.807) is 6.92 Å². The number of ether oxygens (including phenoxy) is 2. The van der Waals surface area contributed by atoms with Crippen molar-refractivity contribution in [1.82, 2.24) is 0 Å². The van der Waals surface area contributed by atoms with Gasteiger partial charge in [-0.25, -0.2) is 9.18 Å². The van der Waals surface area contributed by atoms with Gasteiger partial charge in [-0.05, 0) is 13.0 Å². The molecule has 1 aromatic carbocycles. The molecular weight excluding hydrogens is 239 g/mol. The molecule has 0 unspecified atom stereocenters. The SMILES string of the molecule is CCOC(=O)c1cc(OC(F)F)cc(F)c1N. The van der Waals surface area contributed by atoms with E-state index >= 15 is 0 Å². The Morgan fingerprint density at radius 3 is 2.65 bits per heavy atom. The van der Waals surface area contributed by atoms with Crippen LogP contribution in [-0.2, 0) is 4.74 Å². The maximum Gasteiger partial charge on any atom is 0.387 e. The standard InChI is InChI=1S/C10H10F3NO3/c1-2-16-9(15)6-3-5(17-10(12)13)4-7(11)8(6)14/h3-4,10H,2,14H2,1H3. The van der Waals surface area contributed by atoms with Crippen LogP contribution in [0.1, 0.15) is 17.3 Å². The van der Waals surface area contributed by atoms with Crippen molar-refractivity contribution in [3.05, 3.63) is 23.5 Å².